The zero-order chi connectivity index (χ0) is 25.1. The van der Waals surface area contributed by atoms with Gasteiger partial charge in [-0.05, 0) is 48.0 Å². The molecule has 0 spiro atoms. The van der Waals surface area contributed by atoms with Gasteiger partial charge >= 0.3 is 6.03 Å². The fourth-order valence-electron chi connectivity index (χ4n) is 3.30. The highest BCUT2D eigenvalue weighted by Gasteiger charge is 2.37. The number of ether oxygens (including phenoxy) is 1. The SMILES string of the molecule is O=C1NC(=O)N(c2cccc([N+](=O)[O-])c2)C(=O)/C1=C/c1cc(Cl)ccc1OCc1ccc(F)cc1. The molecule has 0 atom stereocenters. The minimum atomic E-state index is -1.04. The van der Waals surface area contributed by atoms with Crippen LogP contribution in [0.5, 0.6) is 5.75 Å². The van der Waals surface area contributed by atoms with Crippen molar-refractivity contribution in [3.05, 3.63) is 104 Å². The van der Waals surface area contributed by atoms with Crippen molar-refractivity contribution >= 4 is 46.9 Å². The number of anilines is 1. The number of barbiturate groups is 1. The molecule has 1 aliphatic rings. The number of hydrogen-bond donors (Lipinski definition) is 1. The Hall–Kier alpha value is -4.57. The van der Waals surface area contributed by atoms with Crippen LogP contribution in [0.3, 0.4) is 0 Å². The predicted octanol–water partition coefficient (Wildman–Crippen LogP) is 4.63. The summed E-state index contributed by atoms with van der Waals surface area (Å²) < 4.78 is 18.9. The number of nitro benzene ring substituents is 1. The van der Waals surface area contributed by atoms with Gasteiger partial charge in [0, 0.05) is 22.7 Å². The van der Waals surface area contributed by atoms with Gasteiger partial charge in [0.25, 0.3) is 17.5 Å². The standard InChI is InChI=1S/C24H15ClFN3O6/c25-16-6-9-21(35-13-14-4-7-17(26)8-5-14)15(10-16)11-20-22(30)27-24(32)28(23(20)31)18-2-1-3-19(12-18)29(33)34/h1-12H,13H2,(H,27,30,32)/b20-11+. The van der Waals surface area contributed by atoms with E-state index in [1.54, 1.807) is 18.2 Å². The molecular weight excluding hydrogens is 481 g/mol. The second-order valence-electron chi connectivity index (χ2n) is 7.33. The van der Waals surface area contributed by atoms with Crippen LogP contribution in [0.15, 0.2) is 72.3 Å². The van der Waals surface area contributed by atoms with Crippen molar-refractivity contribution < 1.29 is 28.4 Å². The van der Waals surface area contributed by atoms with Crippen LogP contribution in [0.2, 0.25) is 5.02 Å². The number of benzene rings is 3. The molecule has 0 saturated carbocycles. The van der Waals surface area contributed by atoms with Crippen molar-refractivity contribution in [1.29, 1.82) is 0 Å². The van der Waals surface area contributed by atoms with Gasteiger partial charge in [-0.2, -0.15) is 0 Å². The molecule has 35 heavy (non-hydrogen) atoms. The van der Waals surface area contributed by atoms with Gasteiger partial charge in [-0.1, -0.05) is 29.8 Å². The first-order chi connectivity index (χ1) is 16.7. The molecule has 3 aromatic carbocycles. The van der Waals surface area contributed by atoms with E-state index < -0.39 is 34.2 Å². The molecule has 1 heterocycles. The van der Waals surface area contributed by atoms with Crippen molar-refractivity contribution in [2.75, 3.05) is 4.90 Å². The number of nitrogens with zero attached hydrogens (tertiary/aromatic N) is 2. The summed E-state index contributed by atoms with van der Waals surface area (Å²) in [5.74, 6) is -2.06. The highest BCUT2D eigenvalue weighted by Crippen LogP contribution is 2.29. The van der Waals surface area contributed by atoms with Gasteiger partial charge in [0.15, 0.2) is 0 Å². The Labute approximate surface area is 202 Å². The van der Waals surface area contributed by atoms with Crippen LogP contribution in [-0.2, 0) is 16.2 Å². The number of carbonyl (C=O) groups excluding carboxylic acids is 3. The molecule has 4 rings (SSSR count). The highest BCUT2D eigenvalue weighted by atomic mass is 35.5. The lowest BCUT2D eigenvalue weighted by Crippen LogP contribution is -2.54. The summed E-state index contributed by atoms with van der Waals surface area (Å²) in [5.41, 5.74) is 0.112. The third kappa shape index (κ3) is 5.17. The second kappa shape index (κ2) is 9.74. The maximum atomic E-state index is 13.1. The number of non-ortho nitro benzene ring substituents is 1. The molecule has 1 saturated heterocycles. The Morgan fingerprint density at radius 2 is 1.80 bits per heavy atom. The first-order valence-electron chi connectivity index (χ1n) is 10.1. The lowest BCUT2D eigenvalue weighted by molar-refractivity contribution is -0.384. The van der Waals surface area contributed by atoms with E-state index in [9.17, 15) is 28.9 Å². The zero-order valence-electron chi connectivity index (χ0n) is 17.7. The van der Waals surface area contributed by atoms with Crippen molar-refractivity contribution in [3.8, 4) is 5.75 Å². The van der Waals surface area contributed by atoms with Gasteiger partial charge in [0.05, 0.1) is 10.6 Å². The molecule has 3 aromatic rings. The van der Waals surface area contributed by atoms with E-state index in [0.29, 0.717) is 15.5 Å². The number of halogens is 2. The summed E-state index contributed by atoms with van der Waals surface area (Å²) in [7, 11) is 0. The summed E-state index contributed by atoms with van der Waals surface area (Å²) >= 11 is 6.10. The summed E-state index contributed by atoms with van der Waals surface area (Å²) in [5, 5.41) is 13.4. The molecule has 1 N–H and O–H groups in total. The quantitative estimate of drug-likeness (QED) is 0.230. The highest BCUT2D eigenvalue weighted by molar-refractivity contribution is 6.39. The maximum absolute atomic E-state index is 13.1. The minimum absolute atomic E-state index is 0.0660. The second-order valence-corrected chi connectivity index (χ2v) is 7.77. The Balaban J connectivity index is 1.68. The number of imide groups is 2. The Morgan fingerprint density at radius 1 is 1.06 bits per heavy atom. The molecule has 4 amide bonds. The van der Waals surface area contributed by atoms with Crippen LogP contribution >= 0.6 is 11.6 Å². The van der Waals surface area contributed by atoms with E-state index in [2.05, 4.69) is 5.32 Å². The van der Waals surface area contributed by atoms with Gasteiger partial charge in [0.1, 0.15) is 23.7 Å². The van der Waals surface area contributed by atoms with Crippen LogP contribution in [-0.4, -0.2) is 22.8 Å². The number of nitro groups is 1. The molecule has 0 bridgehead atoms. The summed E-state index contributed by atoms with van der Waals surface area (Å²) in [6.45, 7) is 0.0660. The number of nitrogens with one attached hydrogen (secondary N) is 1. The largest absolute Gasteiger partial charge is 0.488 e. The van der Waals surface area contributed by atoms with Crippen molar-refractivity contribution in [3.63, 3.8) is 0 Å². The molecule has 11 heteroatoms. The van der Waals surface area contributed by atoms with Crippen molar-refractivity contribution in [2.45, 2.75) is 6.61 Å². The Kier molecular flexibility index (Phi) is 6.56. The Bertz CT molecular complexity index is 1390. The Morgan fingerprint density at radius 3 is 2.51 bits per heavy atom. The van der Waals surface area contributed by atoms with Crippen LogP contribution in [0.25, 0.3) is 6.08 Å². The van der Waals surface area contributed by atoms with Crippen LogP contribution in [0.1, 0.15) is 11.1 Å². The number of amides is 4. The monoisotopic (exact) mass is 495 g/mol. The van der Waals surface area contributed by atoms with E-state index in [-0.39, 0.29) is 29.3 Å². The van der Waals surface area contributed by atoms with Crippen molar-refractivity contribution in [1.82, 2.24) is 5.32 Å². The lowest BCUT2D eigenvalue weighted by Gasteiger charge is -2.26. The minimum Gasteiger partial charge on any atom is -0.488 e. The molecule has 1 aliphatic heterocycles. The van der Waals surface area contributed by atoms with E-state index >= 15 is 0 Å². The fraction of sp³-hybridized carbons (Fsp3) is 0.0417. The van der Waals surface area contributed by atoms with E-state index in [0.717, 1.165) is 6.07 Å². The van der Waals surface area contributed by atoms with Crippen LogP contribution in [0.4, 0.5) is 20.6 Å². The molecular formula is C24H15ClFN3O6. The molecule has 9 nitrogen and oxygen atoms in total. The maximum Gasteiger partial charge on any atom is 0.335 e. The molecule has 0 aliphatic carbocycles. The van der Waals surface area contributed by atoms with Crippen LogP contribution in [0, 0.1) is 15.9 Å². The molecule has 176 valence electrons. The average molecular weight is 496 g/mol. The van der Waals surface area contributed by atoms with E-state index in [4.69, 9.17) is 16.3 Å². The average Bonchev–Trinajstić information content (AvgIpc) is 2.82. The summed E-state index contributed by atoms with van der Waals surface area (Å²) in [6.07, 6.45) is 1.21. The normalized spacial score (nSPS) is 14.7. The van der Waals surface area contributed by atoms with Gasteiger partial charge in [-0.3, -0.25) is 25.0 Å². The first-order valence-corrected chi connectivity index (χ1v) is 10.4. The number of urea groups is 1. The van der Waals surface area contributed by atoms with Gasteiger partial charge < -0.3 is 4.74 Å². The molecule has 0 radical (unpaired) electrons. The summed E-state index contributed by atoms with van der Waals surface area (Å²) in [4.78, 5) is 49.1. The van der Waals surface area contributed by atoms with Gasteiger partial charge in [-0.25, -0.2) is 14.1 Å². The molecule has 0 aromatic heterocycles. The predicted molar refractivity (Wildman–Crippen MR) is 124 cm³/mol. The smallest absolute Gasteiger partial charge is 0.335 e. The number of rotatable bonds is 6. The van der Waals surface area contributed by atoms with E-state index in [1.165, 1.54) is 48.5 Å². The fourth-order valence-corrected chi connectivity index (χ4v) is 3.48. The number of hydrogen-bond acceptors (Lipinski definition) is 6. The summed E-state index contributed by atoms with van der Waals surface area (Å²) in [6, 6.07) is 14.0. The first kappa shape index (κ1) is 23.6. The lowest BCUT2D eigenvalue weighted by atomic mass is 10.1. The molecule has 1 fully saturated rings. The zero-order valence-corrected chi connectivity index (χ0v) is 18.5. The molecule has 0 unspecified atom stereocenters. The third-order valence-electron chi connectivity index (χ3n) is 4.98. The van der Waals surface area contributed by atoms with Gasteiger partial charge in [-0.15, -0.1) is 0 Å². The van der Waals surface area contributed by atoms with Crippen LogP contribution < -0.4 is 15.0 Å². The topological polar surface area (TPSA) is 119 Å². The number of carbonyl (C=O) groups is 3. The van der Waals surface area contributed by atoms with Gasteiger partial charge in [0.2, 0.25) is 0 Å². The van der Waals surface area contributed by atoms with E-state index in [1.807, 2.05) is 0 Å². The van der Waals surface area contributed by atoms with Crippen molar-refractivity contribution in [2.24, 2.45) is 0 Å². The third-order valence-corrected chi connectivity index (χ3v) is 5.21.